The summed E-state index contributed by atoms with van der Waals surface area (Å²) in [5.41, 5.74) is 10.2. The smallest absolute Gasteiger partial charge is 0.0708 e. The Morgan fingerprint density at radius 1 is 0.556 bits per heavy atom. The van der Waals surface area contributed by atoms with Crippen LogP contribution < -0.4 is 9.80 Å². The fourth-order valence-corrected chi connectivity index (χ4v) is 5.50. The van der Waals surface area contributed by atoms with E-state index in [2.05, 4.69) is 152 Å². The molecule has 0 radical (unpaired) electrons. The molecule has 0 spiro atoms. The van der Waals surface area contributed by atoms with Crippen molar-refractivity contribution >= 4 is 17.1 Å². The Morgan fingerprint density at radius 3 is 1.64 bits per heavy atom. The third-order valence-electron chi connectivity index (χ3n) is 7.24. The lowest BCUT2D eigenvalue weighted by molar-refractivity contribution is 0.628. The Morgan fingerprint density at radius 2 is 1.11 bits per heavy atom. The first kappa shape index (κ1) is 22.4. The third-order valence-corrected chi connectivity index (χ3v) is 7.24. The molecule has 2 heteroatoms. The van der Waals surface area contributed by atoms with Gasteiger partial charge in [-0.3, -0.25) is 0 Å². The Hall–Kier alpha value is -4.04. The summed E-state index contributed by atoms with van der Waals surface area (Å²) in [5, 5.41) is 0. The van der Waals surface area contributed by atoms with Gasteiger partial charge in [-0.05, 0) is 85.5 Å². The van der Waals surface area contributed by atoms with Crippen LogP contribution in [0.1, 0.15) is 16.7 Å². The van der Waals surface area contributed by atoms with E-state index in [9.17, 15) is 0 Å². The van der Waals surface area contributed by atoms with Crippen LogP contribution in [0, 0.1) is 26.7 Å². The molecule has 6 rings (SSSR count). The summed E-state index contributed by atoms with van der Waals surface area (Å²) in [7, 11) is 0. The highest BCUT2D eigenvalue weighted by Crippen LogP contribution is 2.42. The molecule has 2 atom stereocenters. The molecule has 0 saturated carbocycles. The normalized spacial score (nSPS) is 20.0. The summed E-state index contributed by atoms with van der Waals surface area (Å²) in [5.74, 6) is 0.238. The van der Waals surface area contributed by atoms with Crippen molar-refractivity contribution in [2.24, 2.45) is 5.92 Å². The highest BCUT2D eigenvalue weighted by molar-refractivity contribution is 5.70. The molecule has 3 aliphatic carbocycles. The van der Waals surface area contributed by atoms with Crippen molar-refractivity contribution in [3.8, 4) is 0 Å². The molecule has 0 fully saturated rings. The van der Waals surface area contributed by atoms with Crippen LogP contribution in [-0.4, -0.2) is 12.1 Å². The molecule has 0 aliphatic heterocycles. The lowest BCUT2D eigenvalue weighted by Crippen LogP contribution is -2.40. The number of hydrogen-bond donors (Lipinski definition) is 0. The van der Waals surface area contributed by atoms with Gasteiger partial charge < -0.3 is 9.80 Å². The van der Waals surface area contributed by atoms with Gasteiger partial charge in [-0.1, -0.05) is 78.9 Å². The van der Waals surface area contributed by atoms with Crippen LogP contribution in [0.3, 0.4) is 0 Å². The number of benzene rings is 3. The Balaban J connectivity index is 1.46. The predicted molar refractivity (Wildman–Crippen MR) is 153 cm³/mol. The van der Waals surface area contributed by atoms with Crippen LogP contribution in [0.25, 0.3) is 0 Å². The van der Waals surface area contributed by atoms with Crippen molar-refractivity contribution in [2.45, 2.75) is 32.9 Å². The first-order chi connectivity index (χ1) is 17.6. The largest absolute Gasteiger partial charge is 0.334 e. The lowest BCUT2D eigenvalue weighted by atomic mass is 9.81. The minimum atomic E-state index is 0.167. The van der Waals surface area contributed by atoms with Crippen molar-refractivity contribution < 1.29 is 0 Å². The summed E-state index contributed by atoms with van der Waals surface area (Å²) >= 11 is 0. The molecule has 3 aliphatic rings. The summed E-state index contributed by atoms with van der Waals surface area (Å²) in [4.78, 5) is 4.99. The van der Waals surface area contributed by atoms with Crippen molar-refractivity contribution in [2.75, 3.05) is 9.80 Å². The SMILES string of the molecule is Cc1cccc(N(C2=C3C=CC=CC3C(N(c3cccc(C)c3)c3cccc(C)c3)C=C2)C2C=C2)c1. The Kier molecular flexibility index (Phi) is 5.73. The van der Waals surface area contributed by atoms with E-state index < -0.39 is 0 Å². The van der Waals surface area contributed by atoms with Gasteiger partial charge >= 0.3 is 0 Å². The minimum Gasteiger partial charge on any atom is -0.334 e. The van der Waals surface area contributed by atoms with E-state index in [0.29, 0.717) is 6.04 Å². The number of fused-ring (bicyclic) bond motifs is 1. The fraction of sp³-hybridized carbons (Fsp3) is 0.176. The quantitative estimate of drug-likeness (QED) is 0.337. The maximum atomic E-state index is 2.51. The first-order valence-electron chi connectivity index (χ1n) is 12.8. The minimum absolute atomic E-state index is 0.167. The van der Waals surface area contributed by atoms with E-state index in [-0.39, 0.29) is 12.0 Å². The molecule has 2 nitrogen and oxygen atoms in total. The third kappa shape index (κ3) is 4.24. The molecule has 0 amide bonds. The molecule has 0 N–H and O–H groups in total. The molecule has 0 aromatic heterocycles. The van der Waals surface area contributed by atoms with Crippen molar-refractivity contribution in [3.63, 3.8) is 0 Å². The van der Waals surface area contributed by atoms with Crippen LogP contribution in [0.15, 0.2) is 133 Å². The van der Waals surface area contributed by atoms with E-state index in [4.69, 9.17) is 0 Å². The standard InChI is InChI=1S/C34H32N2/c1-24-9-6-12-28(21-24)35(27-17-18-27)33-19-20-34(32-16-5-4-15-31(32)33)36(29-13-7-10-25(2)22-29)30-14-8-11-26(3)23-30/h4-23,27,32,34H,1-3H3. The topological polar surface area (TPSA) is 6.48 Å². The average Bonchev–Trinajstić information content (AvgIpc) is 3.71. The van der Waals surface area contributed by atoms with Gasteiger partial charge in [-0.2, -0.15) is 0 Å². The molecule has 178 valence electrons. The highest BCUT2D eigenvalue weighted by Gasteiger charge is 2.35. The summed E-state index contributed by atoms with van der Waals surface area (Å²) in [6.07, 6.45) is 18.4. The van der Waals surface area contributed by atoms with Gasteiger partial charge in [0.05, 0.1) is 12.1 Å². The second-order valence-corrected chi connectivity index (χ2v) is 10.1. The average molecular weight is 469 g/mol. The van der Waals surface area contributed by atoms with Crippen LogP contribution in [0.2, 0.25) is 0 Å². The molecule has 3 aromatic carbocycles. The second kappa shape index (κ2) is 9.20. The van der Waals surface area contributed by atoms with E-state index in [1.165, 1.54) is 45.0 Å². The summed E-state index contributed by atoms with van der Waals surface area (Å²) in [6, 6.07) is 27.1. The van der Waals surface area contributed by atoms with Gasteiger partial charge in [0.2, 0.25) is 0 Å². The van der Waals surface area contributed by atoms with Crippen molar-refractivity contribution in [1.29, 1.82) is 0 Å². The Bertz CT molecular complexity index is 1400. The maximum absolute atomic E-state index is 2.51. The number of anilines is 3. The maximum Gasteiger partial charge on any atom is 0.0708 e. The number of rotatable bonds is 6. The molecule has 2 unspecified atom stereocenters. The molecule has 3 aromatic rings. The van der Waals surface area contributed by atoms with Gasteiger partial charge in [0.25, 0.3) is 0 Å². The van der Waals surface area contributed by atoms with Gasteiger partial charge in [-0.25, -0.2) is 0 Å². The fourth-order valence-electron chi connectivity index (χ4n) is 5.50. The molecule has 0 bridgehead atoms. The van der Waals surface area contributed by atoms with Gasteiger partial charge in [0, 0.05) is 28.7 Å². The van der Waals surface area contributed by atoms with Crippen molar-refractivity contribution in [3.05, 3.63) is 149 Å². The van der Waals surface area contributed by atoms with Gasteiger partial charge in [0.15, 0.2) is 0 Å². The monoisotopic (exact) mass is 468 g/mol. The van der Waals surface area contributed by atoms with Crippen molar-refractivity contribution in [1.82, 2.24) is 0 Å². The zero-order valence-electron chi connectivity index (χ0n) is 21.2. The predicted octanol–water partition coefficient (Wildman–Crippen LogP) is 8.13. The number of allylic oxidation sites excluding steroid dienone is 4. The van der Waals surface area contributed by atoms with E-state index in [1.54, 1.807) is 0 Å². The number of aryl methyl sites for hydroxylation is 3. The Labute approximate surface area is 214 Å². The second-order valence-electron chi connectivity index (χ2n) is 10.1. The van der Waals surface area contributed by atoms with E-state index >= 15 is 0 Å². The highest BCUT2D eigenvalue weighted by atomic mass is 15.2. The number of hydrogen-bond acceptors (Lipinski definition) is 2. The van der Waals surface area contributed by atoms with E-state index in [0.717, 1.165) is 0 Å². The van der Waals surface area contributed by atoms with Crippen LogP contribution >= 0.6 is 0 Å². The van der Waals surface area contributed by atoms with Gasteiger partial charge in [-0.15, -0.1) is 0 Å². The van der Waals surface area contributed by atoms with Crippen LogP contribution in [0.5, 0.6) is 0 Å². The van der Waals surface area contributed by atoms with Crippen LogP contribution in [-0.2, 0) is 0 Å². The molecule has 0 heterocycles. The summed E-state index contributed by atoms with van der Waals surface area (Å²) in [6.45, 7) is 6.51. The molecule has 0 saturated heterocycles. The molecule has 36 heavy (non-hydrogen) atoms. The molecular weight excluding hydrogens is 436 g/mol. The number of nitrogens with zero attached hydrogens (tertiary/aromatic N) is 2. The van der Waals surface area contributed by atoms with Crippen LogP contribution in [0.4, 0.5) is 17.1 Å². The zero-order valence-corrected chi connectivity index (χ0v) is 21.2. The zero-order chi connectivity index (χ0) is 24.6. The van der Waals surface area contributed by atoms with Gasteiger partial charge in [0.1, 0.15) is 0 Å². The first-order valence-corrected chi connectivity index (χ1v) is 12.8. The lowest BCUT2D eigenvalue weighted by Gasteiger charge is -2.42. The summed E-state index contributed by atoms with van der Waals surface area (Å²) < 4.78 is 0. The van der Waals surface area contributed by atoms with E-state index in [1.807, 2.05) is 0 Å². The molecular formula is C34H32N2.